The van der Waals surface area contributed by atoms with Gasteiger partial charge in [-0.15, -0.1) is 0 Å². The van der Waals surface area contributed by atoms with Gasteiger partial charge in [-0.1, -0.05) is 0 Å². The second kappa shape index (κ2) is 6.93. The molecule has 0 aromatic heterocycles. The number of benzene rings is 1. The van der Waals surface area contributed by atoms with Crippen LogP contribution in [-0.4, -0.2) is 44.0 Å². The lowest BCUT2D eigenvalue weighted by Gasteiger charge is -2.12. The van der Waals surface area contributed by atoms with Gasteiger partial charge in [-0.25, -0.2) is 4.79 Å². The third-order valence-electron chi connectivity index (χ3n) is 3.20. The van der Waals surface area contributed by atoms with Crippen LogP contribution in [0.1, 0.15) is 23.7 Å². The molecule has 1 aliphatic heterocycles. The minimum atomic E-state index is -0.613. The van der Waals surface area contributed by atoms with Crippen LogP contribution < -0.4 is 14.8 Å². The summed E-state index contributed by atoms with van der Waals surface area (Å²) >= 11 is 0. The van der Waals surface area contributed by atoms with Crippen molar-refractivity contribution >= 4 is 17.7 Å². The molecule has 1 heterocycles. The number of carbonyl (C=O) groups is 3. The van der Waals surface area contributed by atoms with E-state index in [1.165, 1.54) is 14.0 Å². The topological polar surface area (TPSA) is 90.9 Å². The highest BCUT2D eigenvalue weighted by molar-refractivity contribution is 5.94. The molecule has 1 N–H and O–H groups in total. The quantitative estimate of drug-likeness (QED) is 0.615. The summed E-state index contributed by atoms with van der Waals surface area (Å²) in [6, 6.07) is 4.08. The van der Waals surface area contributed by atoms with Crippen LogP contribution in [0.4, 0.5) is 0 Å². The fraction of sp³-hybridized carbons (Fsp3) is 0.400. The molecular formula is C15H17NO6. The third-order valence-corrected chi connectivity index (χ3v) is 3.20. The predicted molar refractivity (Wildman–Crippen MR) is 76.0 cm³/mol. The lowest BCUT2D eigenvalue weighted by atomic mass is 10.1. The summed E-state index contributed by atoms with van der Waals surface area (Å²) in [4.78, 5) is 34.3. The molecule has 7 nitrogen and oxygen atoms in total. The fourth-order valence-electron chi connectivity index (χ4n) is 2.01. The highest BCUT2D eigenvalue weighted by Gasteiger charge is 2.27. The molecule has 1 atom stereocenters. The van der Waals surface area contributed by atoms with Gasteiger partial charge >= 0.3 is 5.97 Å². The van der Waals surface area contributed by atoms with Crippen LogP contribution in [0.5, 0.6) is 11.5 Å². The number of ketones is 1. The van der Waals surface area contributed by atoms with Crippen molar-refractivity contribution in [2.24, 2.45) is 0 Å². The number of methoxy groups -OCH3 is 1. The maximum atomic E-state index is 11.8. The van der Waals surface area contributed by atoms with Crippen molar-refractivity contribution in [1.29, 1.82) is 0 Å². The zero-order chi connectivity index (χ0) is 16.1. The summed E-state index contributed by atoms with van der Waals surface area (Å²) in [5.41, 5.74) is 0.488. The highest BCUT2D eigenvalue weighted by Crippen LogP contribution is 2.28. The molecule has 1 aliphatic rings. The largest absolute Gasteiger partial charge is 0.493 e. The molecule has 1 aromatic carbocycles. The van der Waals surface area contributed by atoms with Crippen LogP contribution >= 0.6 is 0 Å². The Hall–Kier alpha value is -2.57. The Morgan fingerprint density at radius 3 is 2.73 bits per heavy atom. The molecule has 0 radical (unpaired) electrons. The Balaban J connectivity index is 1.94. The van der Waals surface area contributed by atoms with Gasteiger partial charge in [0.1, 0.15) is 6.04 Å². The Morgan fingerprint density at radius 2 is 2.14 bits per heavy atom. The monoisotopic (exact) mass is 307 g/mol. The van der Waals surface area contributed by atoms with E-state index in [9.17, 15) is 14.4 Å². The van der Waals surface area contributed by atoms with Gasteiger partial charge in [0.05, 0.1) is 13.7 Å². The smallest absolute Gasteiger partial charge is 0.328 e. The van der Waals surface area contributed by atoms with E-state index in [1.54, 1.807) is 18.2 Å². The molecule has 1 amide bonds. The molecule has 7 heteroatoms. The second-order valence-corrected chi connectivity index (χ2v) is 4.79. The first-order valence-electron chi connectivity index (χ1n) is 6.79. The predicted octanol–water partition coefficient (Wildman–Crippen LogP) is 0.708. The van der Waals surface area contributed by atoms with Gasteiger partial charge in [0.25, 0.3) is 5.91 Å². The van der Waals surface area contributed by atoms with Crippen LogP contribution in [0.3, 0.4) is 0 Å². The first-order valence-corrected chi connectivity index (χ1v) is 6.79. The molecule has 1 saturated heterocycles. The molecule has 1 aromatic rings. The van der Waals surface area contributed by atoms with E-state index in [4.69, 9.17) is 14.2 Å². The lowest BCUT2D eigenvalue weighted by Crippen LogP contribution is -2.40. The van der Waals surface area contributed by atoms with Crippen molar-refractivity contribution in [2.75, 3.05) is 20.3 Å². The number of amides is 1. The number of hydrogen-bond donors (Lipinski definition) is 1. The summed E-state index contributed by atoms with van der Waals surface area (Å²) in [6.45, 7) is 1.49. The Morgan fingerprint density at radius 1 is 1.36 bits per heavy atom. The van der Waals surface area contributed by atoms with Gasteiger partial charge in [-0.2, -0.15) is 0 Å². The molecule has 0 aliphatic carbocycles. The average Bonchev–Trinajstić information content (AvgIpc) is 2.90. The number of cyclic esters (lactones) is 1. The van der Waals surface area contributed by atoms with Crippen molar-refractivity contribution in [3.8, 4) is 11.5 Å². The Bertz CT molecular complexity index is 598. The number of esters is 1. The molecule has 22 heavy (non-hydrogen) atoms. The maximum absolute atomic E-state index is 11.8. The summed E-state index contributed by atoms with van der Waals surface area (Å²) in [7, 11) is 1.45. The summed E-state index contributed by atoms with van der Waals surface area (Å²) in [6.07, 6.45) is 0.460. The molecule has 0 spiro atoms. The van der Waals surface area contributed by atoms with Gasteiger partial charge in [0, 0.05) is 12.0 Å². The van der Waals surface area contributed by atoms with Gasteiger partial charge in [0.2, 0.25) is 0 Å². The van der Waals surface area contributed by atoms with Crippen molar-refractivity contribution in [3.05, 3.63) is 23.8 Å². The highest BCUT2D eigenvalue weighted by atomic mass is 16.5. The Kier molecular flexibility index (Phi) is 4.98. The first kappa shape index (κ1) is 15.8. The lowest BCUT2D eigenvalue weighted by molar-refractivity contribution is -0.141. The van der Waals surface area contributed by atoms with Crippen LogP contribution in [0.25, 0.3) is 0 Å². The number of ether oxygens (including phenoxy) is 3. The SMILES string of the molecule is COc1cc(C(C)=O)ccc1OCC(=O)NC1CCOC1=O. The van der Waals surface area contributed by atoms with Crippen molar-refractivity contribution < 1.29 is 28.6 Å². The average molecular weight is 307 g/mol. The van der Waals surface area contributed by atoms with Crippen LogP contribution in [0.15, 0.2) is 18.2 Å². The van der Waals surface area contributed by atoms with Crippen molar-refractivity contribution in [2.45, 2.75) is 19.4 Å². The van der Waals surface area contributed by atoms with E-state index in [0.29, 0.717) is 30.1 Å². The van der Waals surface area contributed by atoms with Crippen LogP contribution in [-0.2, 0) is 14.3 Å². The first-order chi connectivity index (χ1) is 10.5. The minimum Gasteiger partial charge on any atom is -0.493 e. The fourth-order valence-corrected chi connectivity index (χ4v) is 2.01. The van der Waals surface area contributed by atoms with Gasteiger partial charge in [-0.3, -0.25) is 9.59 Å². The summed E-state index contributed by atoms with van der Waals surface area (Å²) in [5, 5.41) is 2.53. The molecular weight excluding hydrogens is 290 g/mol. The van der Waals surface area contributed by atoms with Gasteiger partial charge in [0.15, 0.2) is 23.9 Å². The molecule has 1 fully saturated rings. The number of hydrogen-bond acceptors (Lipinski definition) is 6. The number of carbonyl (C=O) groups excluding carboxylic acids is 3. The molecule has 1 unspecified atom stereocenters. The zero-order valence-electron chi connectivity index (χ0n) is 12.4. The van der Waals surface area contributed by atoms with Crippen molar-refractivity contribution in [1.82, 2.24) is 5.32 Å². The normalized spacial score (nSPS) is 16.8. The maximum Gasteiger partial charge on any atom is 0.328 e. The van der Waals surface area contributed by atoms with Gasteiger partial charge in [-0.05, 0) is 25.1 Å². The molecule has 118 valence electrons. The van der Waals surface area contributed by atoms with Gasteiger partial charge < -0.3 is 19.5 Å². The van der Waals surface area contributed by atoms with E-state index < -0.39 is 17.9 Å². The van der Waals surface area contributed by atoms with E-state index in [1.807, 2.05) is 0 Å². The standard InChI is InChI=1S/C15H17NO6/c1-9(17)10-3-4-12(13(7-10)20-2)22-8-14(18)16-11-5-6-21-15(11)19/h3-4,7,11H,5-6,8H2,1-2H3,(H,16,18). The summed E-state index contributed by atoms with van der Waals surface area (Å²) in [5.74, 6) is -0.252. The molecule has 2 rings (SSSR count). The number of rotatable bonds is 6. The summed E-state index contributed by atoms with van der Waals surface area (Å²) < 4.78 is 15.3. The van der Waals surface area contributed by atoms with Crippen molar-refractivity contribution in [3.63, 3.8) is 0 Å². The third kappa shape index (κ3) is 3.75. The molecule has 0 saturated carbocycles. The number of nitrogens with one attached hydrogen (secondary N) is 1. The molecule has 0 bridgehead atoms. The van der Waals surface area contributed by atoms with Crippen LogP contribution in [0, 0.1) is 0 Å². The Labute approximate surface area is 127 Å². The van der Waals surface area contributed by atoms with E-state index in [-0.39, 0.29) is 12.4 Å². The van der Waals surface area contributed by atoms with E-state index in [2.05, 4.69) is 5.32 Å². The van der Waals surface area contributed by atoms with E-state index in [0.717, 1.165) is 0 Å². The second-order valence-electron chi connectivity index (χ2n) is 4.79. The minimum absolute atomic E-state index is 0.0951. The van der Waals surface area contributed by atoms with Crippen LogP contribution in [0.2, 0.25) is 0 Å². The number of Topliss-reactive ketones (excluding diaryl/α,β-unsaturated/α-hetero) is 1. The zero-order valence-corrected chi connectivity index (χ0v) is 12.4. The van der Waals surface area contributed by atoms with E-state index >= 15 is 0 Å².